The molecular weight excluding hydrogens is 236 g/mol. The first-order valence-electron chi connectivity index (χ1n) is 7.30. The van der Waals surface area contributed by atoms with Crippen molar-refractivity contribution in [2.45, 2.75) is 38.8 Å². The molecule has 1 fully saturated rings. The number of nitrogens with zero attached hydrogens (tertiary/aromatic N) is 1. The number of ether oxygens (including phenoxy) is 1. The molecule has 0 spiro atoms. The highest BCUT2D eigenvalue weighted by molar-refractivity contribution is 5.33. The third kappa shape index (κ3) is 3.95. The summed E-state index contributed by atoms with van der Waals surface area (Å²) in [5.41, 5.74) is 1.29. The largest absolute Gasteiger partial charge is 0.496 e. The van der Waals surface area contributed by atoms with Gasteiger partial charge in [-0.3, -0.25) is 4.90 Å². The van der Waals surface area contributed by atoms with Crippen LogP contribution < -0.4 is 10.1 Å². The summed E-state index contributed by atoms with van der Waals surface area (Å²) < 4.78 is 5.38. The van der Waals surface area contributed by atoms with Crippen molar-refractivity contribution in [2.75, 3.05) is 26.7 Å². The third-order valence-corrected chi connectivity index (χ3v) is 3.97. The smallest absolute Gasteiger partial charge is 0.122 e. The summed E-state index contributed by atoms with van der Waals surface area (Å²) in [6.07, 6.45) is 2.30. The number of rotatable bonds is 6. The Kier molecular flexibility index (Phi) is 5.23. The molecule has 0 bridgehead atoms. The van der Waals surface area contributed by atoms with Crippen molar-refractivity contribution in [3.05, 3.63) is 29.8 Å². The molecule has 1 heterocycles. The molecule has 1 unspecified atom stereocenters. The van der Waals surface area contributed by atoms with Crippen molar-refractivity contribution >= 4 is 0 Å². The van der Waals surface area contributed by atoms with Gasteiger partial charge in [-0.25, -0.2) is 0 Å². The van der Waals surface area contributed by atoms with Crippen LogP contribution in [0.2, 0.25) is 0 Å². The first-order chi connectivity index (χ1) is 9.20. The minimum atomic E-state index is 0.650. The number of hydrogen-bond acceptors (Lipinski definition) is 3. The van der Waals surface area contributed by atoms with Crippen molar-refractivity contribution in [2.24, 2.45) is 0 Å². The topological polar surface area (TPSA) is 24.5 Å². The molecule has 0 saturated carbocycles. The van der Waals surface area contributed by atoms with Crippen LogP contribution >= 0.6 is 0 Å². The lowest BCUT2D eigenvalue weighted by molar-refractivity contribution is 0.268. The van der Waals surface area contributed by atoms with E-state index in [1.54, 1.807) is 7.11 Å². The lowest BCUT2D eigenvalue weighted by atomic mass is 10.1. The predicted octanol–water partition coefficient (Wildman–Crippen LogP) is 2.31. The summed E-state index contributed by atoms with van der Waals surface area (Å²) in [5, 5.41) is 3.67. The van der Waals surface area contributed by atoms with Crippen LogP contribution in [0.4, 0.5) is 0 Å². The van der Waals surface area contributed by atoms with E-state index in [4.69, 9.17) is 4.74 Å². The van der Waals surface area contributed by atoms with Crippen LogP contribution in [-0.4, -0.2) is 43.7 Å². The lowest BCUT2D eigenvalue weighted by Crippen LogP contribution is -2.36. The second kappa shape index (κ2) is 6.92. The van der Waals surface area contributed by atoms with Crippen molar-refractivity contribution in [1.82, 2.24) is 10.2 Å². The average Bonchev–Trinajstić information content (AvgIpc) is 2.88. The number of benzene rings is 1. The van der Waals surface area contributed by atoms with Gasteiger partial charge in [0.15, 0.2) is 0 Å². The molecule has 1 aliphatic heterocycles. The summed E-state index contributed by atoms with van der Waals surface area (Å²) in [6, 6.07) is 9.60. The molecule has 1 aromatic carbocycles. The molecule has 1 atom stereocenters. The Bertz CT molecular complexity index is 392. The standard InChI is InChI=1S/C16H26N2O/c1-13(2)18-11-9-15(12-18)17-10-8-14-6-4-5-7-16(14)19-3/h4-7,13,15,17H,8-12H2,1-3H3. The van der Waals surface area contributed by atoms with Gasteiger partial charge in [0.2, 0.25) is 0 Å². The first kappa shape index (κ1) is 14.4. The van der Waals surface area contributed by atoms with Gasteiger partial charge >= 0.3 is 0 Å². The minimum Gasteiger partial charge on any atom is -0.496 e. The van der Waals surface area contributed by atoms with Crippen LogP contribution in [0.3, 0.4) is 0 Å². The maximum atomic E-state index is 5.38. The van der Waals surface area contributed by atoms with E-state index < -0.39 is 0 Å². The van der Waals surface area contributed by atoms with Gasteiger partial charge in [0.25, 0.3) is 0 Å². The Morgan fingerprint density at radius 2 is 2.16 bits per heavy atom. The summed E-state index contributed by atoms with van der Waals surface area (Å²) in [6.45, 7) is 7.99. The van der Waals surface area contributed by atoms with Gasteiger partial charge < -0.3 is 10.1 Å². The Morgan fingerprint density at radius 3 is 2.84 bits per heavy atom. The molecular formula is C16H26N2O. The molecule has 19 heavy (non-hydrogen) atoms. The minimum absolute atomic E-state index is 0.650. The van der Waals surface area contributed by atoms with Gasteiger partial charge in [-0.15, -0.1) is 0 Å². The molecule has 0 aromatic heterocycles. The summed E-state index contributed by atoms with van der Waals surface area (Å²) in [5.74, 6) is 1.000. The predicted molar refractivity (Wildman–Crippen MR) is 79.8 cm³/mol. The molecule has 3 heteroatoms. The highest BCUT2D eigenvalue weighted by atomic mass is 16.5. The van der Waals surface area contributed by atoms with Crippen LogP contribution in [-0.2, 0) is 6.42 Å². The molecule has 3 nitrogen and oxygen atoms in total. The van der Waals surface area contributed by atoms with Crippen LogP contribution in [0.1, 0.15) is 25.8 Å². The zero-order chi connectivity index (χ0) is 13.7. The molecule has 0 amide bonds. The van der Waals surface area contributed by atoms with Crippen molar-refractivity contribution in [3.8, 4) is 5.75 Å². The van der Waals surface area contributed by atoms with E-state index in [-0.39, 0.29) is 0 Å². The van der Waals surface area contributed by atoms with Gasteiger partial charge in [-0.2, -0.15) is 0 Å². The molecule has 1 saturated heterocycles. The van der Waals surface area contributed by atoms with E-state index >= 15 is 0 Å². The number of nitrogens with one attached hydrogen (secondary N) is 1. The van der Waals surface area contributed by atoms with E-state index in [0.29, 0.717) is 12.1 Å². The average molecular weight is 262 g/mol. The summed E-state index contributed by atoms with van der Waals surface area (Å²) in [4.78, 5) is 2.54. The van der Waals surface area contributed by atoms with Gasteiger partial charge in [0.1, 0.15) is 5.75 Å². The lowest BCUT2D eigenvalue weighted by Gasteiger charge is -2.20. The number of para-hydroxylation sites is 1. The second-order valence-corrected chi connectivity index (χ2v) is 5.59. The quantitative estimate of drug-likeness (QED) is 0.851. The van der Waals surface area contributed by atoms with E-state index in [9.17, 15) is 0 Å². The Morgan fingerprint density at radius 1 is 1.37 bits per heavy atom. The first-order valence-corrected chi connectivity index (χ1v) is 7.30. The molecule has 106 valence electrons. The summed E-state index contributed by atoms with van der Waals surface area (Å²) in [7, 11) is 1.74. The van der Waals surface area contributed by atoms with Gasteiger partial charge in [0.05, 0.1) is 7.11 Å². The molecule has 0 radical (unpaired) electrons. The van der Waals surface area contributed by atoms with Crippen molar-refractivity contribution in [1.29, 1.82) is 0 Å². The highest BCUT2D eigenvalue weighted by Gasteiger charge is 2.23. The van der Waals surface area contributed by atoms with Gasteiger partial charge in [0, 0.05) is 18.6 Å². The molecule has 1 N–H and O–H groups in total. The molecule has 0 aliphatic carbocycles. The number of likely N-dealkylation sites (tertiary alicyclic amines) is 1. The van der Waals surface area contributed by atoms with Crippen LogP contribution in [0, 0.1) is 0 Å². The van der Waals surface area contributed by atoms with Gasteiger partial charge in [-0.05, 0) is 51.4 Å². The van der Waals surface area contributed by atoms with E-state index in [1.165, 1.54) is 25.1 Å². The molecule has 1 aliphatic rings. The maximum Gasteiger partial charge on any atom is 0.122 e. The second-order valence-electron chi connectivity index (χ2n) is 5.59. The van der Waals surface area contributed by atoms with Crippen molar-refractivity contribution in [3.63, 3.8) is 0 Å². The fraction of sp³-hybridized carbons (Fsp3) is 0.625. The normalized spacial score (nSPS) is 20.1. The Hall–Kier alpha value is -1.06. The van der Waals surface area contributed by atoms with Crippen molar-refractivity contribution < 1.29 is 4.74 Å². The van der Waals surface area contributed by atoms with E-state index in [0.717, 1.165) is 18.7 Å². The van der Waals surface area contributed by atoms with Crippen LogP contribution in [0.15, 0.2) is 24.3 Å². The fourth-order valence-electron chi connectivity index (χ4n) is 2.74. The van der Waals surface area contributed by atoms with Gasteiger partial charge in [-0.1, -0.05) is 18.2 Å². The summed E-state index contributed by atoms with van der Waals surface area (Å²) >= 11 is 0. The third-order valence-electron chi connectivity index (χ3n) is 3.97. The van der Waals surface area contributed by atoms with Crippen LogP contribution in [0.5, 0.6) is 5.75 Å². The Labute approximate surface area is 116 Å². The zero-order valence-corrected chi connectivity index (χ0v) is 12.4. The molecule has 1 aromatic rings. The highest BCUT2D eigenvalue weighted by Crippen LogP contribution is 2.18. The molecule has 2 rings (SSSR count). The van der Waals surface area contributed by atoms with E-state index in [2.05, 4.69) is 36.2 Å². The number of methoxy groups -OCH3 is 1. The maximum absolute atomic E-state index is 5.38. The zero-order valence-electron chi connectivity index (χ0n) is 12.4. The fourth-order valence-corrected chi connectivity index (χ4v) is 2.74. The van der Waals surface area contributed by atoms with E-state index in [1.807, 2.05) is 12.1 Å². The number of hydrogen-bond donors (Lipinski definition) is 1. The monoisotopic (exact) mass is 262 g/mol. The SMILES string of the molecule is COc1ccccc1CCNC1CCN(C(C)C)C1. The Balaban J connectivity index is 1.75. The van der Waals surface area contributed by atoms with Crippen LogP contribution in [0.25, 0.3) is 0 Å².